The van der Waals surface area contributed by atoms with Gasteiger partial charge in [0.15, 0.2) is 0 Å². The van der Waals surface area contributed by atoms with Crippen LogP contribution < -0.4 is 10.6 Å². The van der Waals surface area contributed by atoms with Gasteiger partial charge in [0.25, 0.3) is 0 Å². The van der Waals surface area contributed by atoms with E-state index in [-0.39, 0.29) is 12.1 Å². The predicted octanol–water partition coefficient (Wildman–Crippen LogP) is 2.50. The van der Waals surface area contributed by atoms with E-state index in [0.717, 1.165) is 38.8 Å². The van der Waals surface area contributed by atoms with Gasteiger partial charge in [-0.2, -0.15) is 0 Å². The lowest BCUT2D eigenvalue weighted by atomic mass is 10.0. The van der Waals surface area contributed by atoms with Gasteiger partial charge in [0.2, 0.25) is 0 Å². The van der Waals surface area contributed by atoms with Gasteiger partial charge in [-0.15, -0.1) is 0 Å². The Morgan fingerprint density at radius 1 is 1.08 bits per heavy atom. The van der Waals surface area contributed by atoms with Crippen molar-refractivity contribution in [3.63, 3.8) is 0 Å². The van der Waals surface area contributed by atoms with E-state index in [1.54, 1.807) is 0 Å². The van der Waals surface area contributed by atoms with Crippen molar-refractivity contribution in [2.24, 2.45) is 5.92 Å². The number of urea groups is 1. The second-order valence-electron chi connectivity index (χ2n) is 7.53. The summed E-state index contributed by atoms with van der Waals surface area (Å²) in [5, 5.41) is 15.6. The fraction of sp³-hybridized carbons (Fsp3) is 0.650. The molecule has 5 heteroatoms. The number of benzene rings is 1. The van der Waals surface area contributed by atoms with Crippen LogP contribution in [0.1, 0.15) is 44.1 Å². The van der Waals surface area contributed by atoms with Crippen LogP contribution in [0.25, 0.3) is 0 Å². The van der Waals surface area contributed by atoms with E-state index >= 15 is 0 Å². The molecule has 1 aromatic carbocycles. The second-order valence-corrected chi connectivity index (χ2v) is 7.53. The molecule has 3 rings (SSSR count). The topological polar surface area (TPSA) is 64.6 Å². The van der Waals surface area contributed by atoms with Crippen LogP contribution in [-0.4, -0.2) is 47.8 Å². The quantitative estimate of drug-likeness (QED) is 0.742. The maximum Gasteiger partial charge on any atom is 0.314 e. The molecular weight excluding hydrogens is 314 g/mol. The first-order valence-electron chi connectivity index (χ1n) is 9.68. The number of carbonyl (C=O) groups is 1. The van der Waals surface area contributed by atoms with E-state index in [9.17, 15) is 9.90 Å². The number of carbonyl (C=O) groups excluding carboxylic acids is 1. The Hall–Kier alpha value is -1.59. The van der Waals surface area contributed by atoms with Crippen LogP contribution in [0.15, 0.2) is 30.3 Å². The molecule has 2 aliphatic rings. The molecule has 0 bridgehead atoms. The number of nitrogens with zero attached hydrogens (tertiary/aromatic N) is 1. The van der Waals surface area contributed by atoms with Crippen molar-refractivity contribution in [2.75, 3.05) is 19.6 Å². The van der Waals surface area contributed by atoms with Crippen molar-refractivity contribution in [1.82, 2.24) is 15.5 Å². The fourth-order valence-corrected chi connectivity index (χ4v) is 4.06. The third-order valence-corrected chi connectivity index (χ3v) is 5.54. The molecule has 5 nitrogen and oxygen atoms in total. The fourth-order valence-electron chi connectivity index (χ4n) is 4.06. The molecular formula is C20H31N3O2. The highest BCUT2D eigenvalue weighted by Gasteiger charge is 2.24. The lowest BCUT2D eigenvalue weighted by molar-refractivity contribution is 0.138. The first kappa shape index (κ1) is 18.2. The Bertz CT molecular complexity index is 537. The lowest BCUT2D eigenvalue weighted by Crippen LogP contribution is -2.48. The zero-order valence-corrected chi connectivity index (χ0v) is 15.0. The predicted molar refractivity (Wildman–Crippen MR) is 99.2 cm³/mol. The molecule has 2 fully saturated rings. The summed E-state index contributed by atoms with van der Waals surface area (Å²) in [5.74, 6) is 0.421. The van der Waals surface area contributed by atoms with Crippen molar-refractivity contribution in [3.05, 3.63) is 35.9 Å². The highest BCUT2D eigenvalue weighted by atomic mass is 16.3. The largest absolute Gasteiger partial charge is 0.393 e. The number of hydrogen-bond acceptors (Lipinski definition) is 3. The molecule has 1 aliphatic heterocycles. The number of nitrogens with one attached hydrogen (secondary N) is 2. The van der Waals surface area contributed by atoms with Gasteiger partial charge in [0.1, 0.15) is 0 Å². The molecule has 2 amide bonds. The van der Waals surface area contributed by atoms with Gasteiger partial charge in [-0.25, -0.2) is 4.79 Å². The molecule has 0 radical (unpaired) electrons. The van der Waals surface area contributed by atoms with E-state index < -0.39 is 0 Å². The Morgan fingerprint density at radius 2 is 1.88 bits per heavy atom. The van der Waals surface area contributed by atoms with Crippen LogP contribution in [0.4, 0.5) is 4.79 Å². The van der Waals surface area contributed by atoms with E-state index in [2.05, 4.69) is 39.8 Å². The summed E-state index contributed by atoms with van der Waals surface area (Å²) in [7, 11) is 0. The van der Waals surface area contributed by atoms with Crippen molar-refractivity contribution in [1.29, 1.82) is 0 Å². The van der Waals surface area contributed by atoms with Crippen molar-refractivity contribution >= 4 is 6.03 Å². The highest BCUT2D eigenvalue weighted by Crippen LogP contribution is 2.24. The summed E-state index contributed by atoms with van der Waals surface area (Å²) in [6.45, 7) is 3.42. The molecule has 1 saturated carbocycles. The number of amides is 2. The van der Waals surface area contributed by atoms with Crippen LogP contribution in [0.3, 0.4) is 0 Å². The average Bonchev–Trinajstić information content (AvgIpc) is 3.05. The summed E-state index contributed by atoms with van der Waals surface area (Å²) < 4.78 is 0. The van der Waals surface area contributed by atoms with Gasteiger partial charge < -0.3 is 15.7 Å². The molecule has 1 aliphatic carbocycles. The minimum absolute atomic E-state index is 0.0772. The maximum atomic E-state index is 12.1. The van der Waals surface area contributed by atoms with Gasteiger partial charge in [-0.1, -0.05) is 36.8 Å². The molecule has 1 heterocycles. The number of piperidine rings is 1. The van der Waals surface area contributed by atoms with Gasteiger partial charge >= 0.3 is 6.03 Å². The lowest BCUT2D eigenvalue weighted by Gasteiger charge is -2.36. The third-order valence-electron chi connectivity index (χ3n) is 5.54. The zero-order valence-electron chi connectivity index (χ0n) is 15.0. The SMILES string of the molecule is O=C(NC[C@@H]1CC[C@H](O)C1)NC[C@H]1CCCCN1Cc1ccccc1. The Kier molecular flexibility index (Phi) is 6.70. The summed E-state index contributed by atoms with van der Waals surface area (Å²) in [6.07, 6.45) is 6.12. The highest BCUT2D eigenvalue weighted by molar-refractivity contribution is 5.73. The molecule has 0 unspecified atom stereocenters. The van der Waals surface area contributed by atoms with Crippen LogP contribution >= 0.6 is 0 Å². The minimum Gasteiger partial charge on any atom is -0.393 e. The monoisotopic (exact) mass is 345 g/mol. The molecule has 3 N–H and O–H groups in total. The van der Waals surface area contributed by atoms with Gasteiger partial charge in [0.05, 0.1) is 6.10 Å². The van der Waals surface area contributed by atoms with Crippen LogP contribution in [-0.2, 0) is 6.54 Å². The van der Waals surface area contributed by atoms with E-state index in [0.29, 0.717) is 25.0 Å². The second kappa shape index (κ2) is 9.20. The van der Waals surface area contributed by atoms with Crippen molar-refractivity contribution in [3.8, 4) is 0 Å². The zero-order chi connectivity index (χ0) is 17.5. The van der Waals surface area contributed by atoms with Crippen LogP contribution in [0.5, 0.6) is 0 Å². The number of aliphatic hydroxyl groups is 1. The number of likely N-dealkylation sites (tertiary alicyclic amines) is 1. The average molecular weight is 345 g/mol. The van der Waals surface area contributed by atoms with E-state index in [1.165, 1.54) is 18.4 Å². The Balaban J connectivity index is 1.41. The first-order valence-corrected chi connectivity index (χ1v) is 9.68. The van der Waals surface area contributed by atoms with Gasteiger partial charge in [0, 0.05) is 25.7 Å². The first-order chi connectivity index (χ1) is 12.2. The summed E-state index contributed by atoms with van der Waals surface area (Å²) in [4.78, 5) is 14.6. The molecule has 138 valence electrons. The maximum absolute atomic E-state index is 12.1. The van der Waals surface area contributed by atoms with E-state index in [1.807, 2.05) is 6.07 Å². The smallest absolute Gasteiger partial charge is 0.314 e. The summed E-state index contributed by atoms with van der Waals surface area (Å²) in [6, 6.07) is 10.9. The van der Waals surface area contributed by atoms with Crippen molar-refractivity contribution in [2.45, 2.75) is 57.2 Å². The molecule has 0 aromatic heterocycles. The summed E-state index contributed by atoms with van der Waals surface area (Å²) >= 11 is 0. The number of hydrogen-bond donors (Lipinski definition) is 3. The van der Waals surface area contributed by atoms with Crippen LogP contribution in [0.2, 0.25) is 0 Å². The molecule has 1 aromatic rings. The number of aliphatic hydroxyl groups excluding tert-OH is 1. The van der Waals surface area contributed by atoms with Gasteiger partial charge in [-0.3, -0.25) is 4.90 Å². The van der Waals surface area contributed by atoms with E-state index in [4.69, 9.17) is 0 Å². The molecule has 3 atom stereocenters. The normalized spacial score (nSPS) is 27.2. The van der Waals surface area contributed by atoms with Crippen LogP contribution in [0, 0.1) is 5.92 Å². The molecule has 1 saturated heterocycles. The standard InChI is InChI=1S/C20H31N3O2/c24-19-10-9-17(12-19)13-21-20(25)22-14-18-8-4-5-11-23(18)15-16-6-2-1-3-7-16/h1-3,6-7,17-19,24H,4-5,8-15H2,(H2,21,22,25)/t17-,18-,19+/m1/s1. The summed E-state index contributed by atoms with van der Waals surface area (Å²) in [5.41, 5.74) is 1.33. The molecule has 25 heavy (non-hydrogen) atoms. The third kappa shape index (κ3) is 5.72. The Morgan fingerprint density at radius 3 is 2.64 bits per heavy atom. The Labute approximate surface area is 150 Å². The molecule has 0 spiro atoms. The van der Waals surface area contributed by atoms with Gasteiger partial charge in [-0.05, 0) is 50.1 Å². The van der Waals surface area contributed by atoms with Crippen molar-refractivity contribution < 1.29 is 9.90 Å². The number of rotatable bonds is 6. The minimum atomic E-state index is -0.177.